The molecular formula is C16H12ClNO3. The third-order valence-corrected chi connectivity index (χ3v) is 3.30. The first-order chi connectivity index (χ1) is 10.0. The van der Waals surface area contributed by atoms with Crippen molar-refractivity contribution >= 4 is 33.7 Å². The highest BCUT2D eigenvalue weighted by Gasteiger charge is 2.06. The van der Waals surface area contributed by atoms with Crippen LogP contribution in [0.3, 0.4) is 0 Å². The largest absolute Gasteiger partial charge is 0.508 e. The second-order valence-corrected chi connectivity index (χ2v) is 5.16. The molecule has 3 rings (SSSR count). The predicted octanol–water partition coefficient (Wildman–Crippen LogP) is 4.35. The zero-order chi connectivity index (χ0) is 15.0. The quantitative estimate of drug-likeness (QED) is 0.568. The van der Waals surface area contributed by atoms with Crippen molar-refractivity contribution < 1.29 is 15.3 Å². The van der Waals surface area contributed by atoms with E-state index in [0.717, 1.165) is 5.39 Å². The van der Waals surface area contributed by atoms with Crippen LogP contribution < -0.4 is 5.32 Å². The van der Waals surface area contributed by atoms with E-state index in [9.17, 15) is 15.3 Å². The van der Waals surface area contributed by atoms with Crippen LogP contribution in [0.25, 0.3) is 10.8 Å². The SMILES string of the molecule is Oc1cc(Cl)cc(Nc2cc(O)cc3cc(O)ccc23)c1. The van der Waals surface area contributed by atoms with E-state index in [1.807, 2.05) is 0 Å². The number of hydrogen-bond acceptors (Lipinski definition) is 4. The Hall–Kier alpha value is -2.59. The van der Waals surface area contributed by atoms with Crippen molar-refractivity contribution in [3.63, 3.8) is 0 Å². The van der Waals surface area contributed by atoms with E-state index in [0.29, 0.717) is 21.8 Å². The average molecular weight is 302 g/mol. The molecule has 106 valence electrons. The molecule has 5 heteroatoms. The fourth-order valence-corrected chi connectivity index (χ4v) is 2.48. The van der Waals surface area contributed by atoms with Crippen molar-refractivity contribution in [1.82, 2.24) is 0 Å². The molecule has 0 heterocycles. The van der Waals surface area contributed by atoms with Crippen LogP contribution in [-0.2, 0) is 0 Å². The zero-order valence-corrected chi connectivity index (χ0v) is 11.6. The highest BCUT2D eigenvalue weighted by molar-refractivity contribution is 6.31. The van der Waals surface area contributed by atoms with Gasteiger partial charge in [0.25, 0.3) is 0 Å². The van der Waals surface area contributed by atoms with Crippen molar-refractivity contribution in [2.24, 2.45) is 0 Å². The predicted molar refractivity (Wildman–Crippen MR) is 83.7 cm³/mol. The lowest BCUT2D eigenvalue weighted by Gasteiger charge is -2.12. The summed E-state index contributed by atoms with van der Waals surface area (Å²) in [4.78, 5) is 0. The van der Waals surface area contributed by atoms with E-state index in [2.05, 4.69) is 5.32 Å². The molecule has 0 aromatic heterocycles. The number of phenolic OH excluding ortho intramolecular Hbond substituents is 3. The first kappa shape index (κ1) is 13.4. The van der Waals surface area contributed by atoms with Crippen LogP contribution in [0, 0.1) is 0 Å². The molecule has 0 fully saturated rings. The zero-order valence-electron chi connectivity index (χ0n) is 10.8. The molecule has 3 aromatic rings. The van der Waals surface area contributed by atoms with Gasteiger partial charge in [-0.05, 0) is 41.8 Å². The van der Waals surface area contributed by atoms with Crippen LogP contribution in [0.15, 0.2) is 48.5 Å². The highest BCUT2D eigenvalue weighted by atomic mass is 35.5. The van der Waals surface area contributed by atoms with Gasteiger partial charge >= 0.3 is 0 Å². The van der Waals surface area contributed by atoms with Gasteiger partial charge < -0.3 is 20.6 Å². The Morgan fingerprint density at radius 2 is 1.48 bits per heavy atom. The molecule has 0 aliphatic rings. The van der Waals surface area contributed by atoms with E-state index < -0.39 is 0 Å². The summed E-state index contributed by atoms with van der Waals surface area (Å²) < 4.78 is 0. The minimum Gasteiger partial charge on any atom is -0.508 e. The van der Waals surface area contributed by atoms with E-state index in [4.69, 9.17) is 11.6 Å². The maximum Gasteiger partial charge on any atom is 0.119 e. The Labute approximate surface area is 125 Å². The lowest BCUT2D eigenvalue weighted by molar-refractivity contribution is 0.474. The van der Waals surface area contributed by atoms with E-state index in [1.54, 1.807) is 36.4 Å². The molecule has 0 bridgehead atoms. The van der Waals surface area contributed by atoms with Gasteiger partial charge in [-0.3, -0.25) is 0 Å². The Balaban J connectivity index is 2.11. The fraction of sp³-hybridized carbons (Fsp3) is 0. The number of hydrogen-bond donors (Lipinski definition) is 4. The summed E-state index contributed by atoms with van der Waals surface area (Å²) in [5.74, 6) is 0.244. The van der Waals surface area contributed by atoms with E-state index >= 15 is 0 Å². The van der Waals surface area contributed by atoms with Gasteiger partial charge in [-0.15, -0.1) is 0 Å². The number of anilines is 2. The Morgan fingerprint density at radius 1 is 0.762 bits per heavy atom. The lowest BCUT2D eigenvalue weighted by Crippen LogP contribution is -1.91. The first-order valence-corrected chi connectivity index (χ1v) is 6.61. The second-order valence-electron chi connectivity index (χ2n) is 4.72. The molecule has 0 saturated heterocycles. The van der Waals surface area contributed by atoms with Gasteiger partial charge in [-0.2, -0.15) is 0 Å². The second kappa shape index (κ2) is 5.07. The van der Waals surface area contributed by atoms with Gasteiger partial charge in [0.05, 0.1) is 5.69 Å². The molecule has 0 amide bonds. The third kappa shape index (κ3) is 2.80. The number of benzene rings is 3. The Bertz CT molecular complexity index is 808. The molecule has 4 nitrogen and oxygen atoms in total. The van der Waals surface area contributed by atoms with Crippen molar-refractivity contribution in [2.75, 3.05) is 5.32 Å². The summed E-state index contributed by atoms with van der Waals surface area (Å²) >= 11 is 5.90. The van der Waals surface area contributed by atoms with Crippen LogP contribution in [0.4, 0.5) is 11.4 Å². The molecule has 21 heavy (non-hydrogen) atoms. The summed E-state index contributed by atoms with van der Waals surface area (Å²) in [5, 5.41) is 33.9. The van der Waals surface area contributed by atoms with E-state index in [-0.39, 0.29) is 17.2 Å². The lowest BCUT2D eigenvalue weighted by atomic mass is 10.1. The molecule has 0 unspecified atom stereocenters. The number of nitrogens with one attached hydrogen (secondary N) is 1. The molecule has 0 saturated carbocycles. The van der Waals surface area contributed by atoms with Gasteiger partial charge in [0.2, 0.25) is 0 Å². The summed E-state index contributed by atoms with van der Waals surface area (Å²) in [7, 11) is 0. The molecule has 0 aliphatic heterocycles. The number of phenols is 3. The summed E-state index contributed by atoms with van der Waals surface area (Å²) in [6.07, 6.45) is 0. The maximum atomic E-state index is 9.79. The van der Waals surface area contributed by atoms with Crippen molar-refractivity contribution in [3.05, 3.63) is 53.6 Å². The van der Waals surface area contributed by atoms with Crippen molar-refractivity contribution in [3.8, 4) is 17.2 Å². The number of halogens is 1. The monoisotopic (exact) mass is 301 g/mol. The van der Waals surface area contributed by atoms with Crippen molar-refractivity contribution in [1.29, 1.82) is 0 Å². The maximum absolute atomic E-state index is 9.79. The summed E-state index contributed by atoms with van der Waals surface area (Å²) in [6, 6.07) is 12.6. The molecule has 0 spiro atoms. The van der Waals surface area contributed by atoms with Gasteiger partial charge in [0, 0.05) is 28.2 Å². The first-order valence-electron chi connectivity index (χ1n) is 6.23. The average Bonchev–Trinajstić information content (AvgIpc) is 2.36. The minimum atomic E-state index is 0.0482. The third-order valence-electron chi connectivity index (χ3n) is 3.08. The molecule has 3 aromatic carbocycles. The van der Waals surface area contributed by atoms with Crippen LogP contribution in [0.2, 0.25) is 5.02 Å². The van der Waals surface area contributed by atoms with Crippen LogP contribution in [0.5, 0.6) is 17.2 Å². The molecular weight excluding hydrogens is 290 g/mol. The van der Waals surface area contributed by atoms with Gasteiger partial charge in [-0.1, -0.05) is 11.6 Å². The smallest absolute Gasteiger partial charge is 0.119 e. The van der Waals surface area contributed by atoms with Gasteiger partial charge in [0.1, 0.15) is 17.2 Å². The Morgan fingerprint density at radius 3 is 2.24 bits per heavy atom. The minimum absolute atomic E-state index is 0.0482. The highest BCUT2D eigenvalue weighted by Crippen LogP contribution is 2.34. The van der Waals surface area contributed by atoms with Crippen LogP contribution in [-0.4, -0.2) is 15.3 Å². The summed E-state index contributed by atoms with van der Waals surface area (Å²) in [6.45, 7) is 0. The topological polar surface area (TPSA) is 72.7 Å². The van der Waals surface area contributed by atoms with Crippen molar-refractivity contribution in [2.45, 2.75) is 0 Å². The van der Waals surface area contributed by atoms with Crippen LogP contribution >= 0.6 is 11.6 Å². The standard InChI is InChI=1S/C16H12ClNO3/c17-10-5-11(7-14(21)6-10)18-16-8-13(20)4-9-3-12(19)1-2-15(9)16/h1-8,18-21H. The molecule has 0 aliphatic carbocycles. The molecule has 0 radical (unpaired) electrons. The summed E-state index contributed by atoms with van der Waals surface area (Å²) in [5.41, 5.74) is 1.24. The molecule has 4 N–H and O–H groups in total. The molecule has 0 atom stereocenters. The number of aromatic hydroxyl groups is 3. The normalized spacial score (nSPS) is 10.7. The van der Waals surface area contributed by atoms with E-state index in [1.165, 1.54) is 12.1 Å². The van der Waals surface area contributed by atoms with Gasteiger partial charge in [0.15, 0.2) is 0 Å². The number of fused-ring (bicyclic) bond motifs is 1. The fourth-order valence-electron chi connectivity index (χ4n) is 2.25. The Kier molecular flexibility index (Phi) is 3.23. The number of rotatable bonds is 2. The van der Waals surface area contributed by atoms with Crippen LogP contribution in [0.1, 0.15) is 0 Å². The van der Waals surface area contributed by atoms with Gasteiger partial charge in [-0.25, -0.2) is 0 Å².